The van der Waals surface area contributed by atoms with Gasteiger partial charge in [0.1, 0.15) is 0 Å². The fraction of sp³-hybridized carbons (Fsp3) is 0.600. The highest BCUT2D eigenvalue weighted by Gasteiger charge is 2.24. The predicted molar refractivity (Wildman–Crippen MR) is 83.1 cm³/mol. The smallest absolute Gasteiger partial charge is 0.257 e. The lowest BCUT2D eigenvalue weighted by Gasteiger charge is -2.30. The lowest BCUT2D eigenvalue weighted by Crippen LogP contribution is -2.44. The van der Waals surface area contributed by atoms with E-state index in [0.717, 1.165) is 6.54 Å². The molecular weight excluding hydrogens is 271 g/mol. The van der Waals surface area contributed by atoms with Gasteiger partial charge in [0.05, 0.1) is 5.56 Å². The zero-order valence-electron chi connectivity index (χ0n) is 13.5. The van der Waals surface area contributed by atoms with Gasteiger partial charge in [-0.3, -0.25) is 4.79 Å². The third kappa shape index (κ3) is 4.39. The van der Waals surface area contributed by atoms with Crippen LogP contribution in [0.3, 0.4) is 0 Å². The molecule has 0 spiro atoms. The van der Waals surface area contributed by atoms with E-state index in [1.807, 2.05) is 39.8 Å². The molecule has 1 aromatic heterocycles. The van der Waals surface area contributed by atoms with Gasteiger partial charge in [-0.15, -0.1) is 0 Å². The molecule has 118 valence electrons. The first-order chi connectivity index (χ1) is 9.92. The van der Waals surface area contributed by atoms with Crippen molar-refractivity contribution in [3.63, 3.8) is 0 Å². The number of rotatable bonds is 7. The molecule has 0 fully saturated rings. The number of carbonyl (C=O) groups excluding carboxylic acids is 1. The average molecular weight is 296 g/mol. The Balaban J connectivity index is 3.02. The van der Waals surface area contributed by atoms with Gasteiger partial charge in [-0.1, -0.05) is 0 Å². The summed E-state index contributed by atoms with van der Waals surface area (Å²) in [7, 11) is 3.90. The van der Waals surface area contributed by atoms with Gasteiger partial charge in [0.25, 0.3) is 5.91 Å². The largest absolute Gasteiger partial charge is 0.368 e. The Morgan fingerprint density at radius 1 is 1.43 bits per heavy atom. The van der Waals surface area contributed by atoms with Crippen molar-refractivity contribution in [2.24, 2.45) is 0 Å². The number of hydrogen-bond donors (Lipinski definition) is 1. The summed E-state index contributed by atoms with van der Waals surface area (Å²) >= 11 is 0. The summed E-state index contributed by atoms with van der Waals surface area (Å²) < 4.78 is 14.3. The van der Waals surface area contributed by atoms with Crippen molar-refractivity contribution >= 4 is 11.7 Å². The first-order valence-corrected chi connectivity index (χ1v) is 7.26. The number of amides is 1. The van der Waals surface area contributed by atoms with E-state index in [1.54, 1.807) is 4.90 Å². The Hall–Kier alpha value is -1.69. The van der Waals surface area contributed by atoms with E-state index >= 15 is 0 Å². The molecule has 1 heterocycles. The number of hydrogen-bond acceptors (Lipinski definition) is 4. The summed E-state index contributed by atoms with van der Waals surface area (Å²) in [5, 5.41) is 2.82. The topological polar surface area (TPSA) is 48.5 Å². The summed E-state index contributed by atoms with van der Waals surface area (Å²) in [6.07, 6.45) is 1.46. The van der Waals surface area contributed by atoms with Crippen LogP contribution in [0.25, 0.3) is 0 Å². The first kappa shape index (κ1) is 17.4. The lowest BCUT2D eigenvalue weighted by molar-refractivity contribution is 0.0674. The molecule has 1 atom stereocenters. The number of aromatic nitrogens is 1. The number of pyridine rings is 1. The summed E-state index contributed by atoms with van der Waals surface area (Å²) in [5.41, 5.74) is 0.0633. The molecule has 0 aromatic carbocycles. The first-order valence-electron chi connectivity index (χ1n) is 7.26. The summed E-state index contributed by atoms with van der Waals surface area (Å²) in [5.74, 6) is -0.759. The van der Waals surface area contributed by atoms with E-state index in [0.29, 0.717) is 13.1 Å². The molecule has 1 aromatic rings. The van der Waals surface area contributed by atoms with E-state index in [4.69, 9.17) is 0 Å². The maximum atomic E-state index is 14.3. The second kappa shape index (κ2) is 7.93. The molecule has 0 radical (unpaired) electrons. The molecule has 1 rings (SSSR count). The van der Waals surface area contributed by atoms with Crippen LogP contribution in [-0.2, 0) is 0 Å². The number of nitrogens with zero attached hydrogens (tertiary/aromatic N) is 3. The van der Waals surface area contributed by atoms with Crippen molar-refractivity contribution < 1.29 is 9.18 Å². The highest BCUT2D eigenvalue weighted by Crippen LogP contribution is 2.18. The highest BCUT2D eigenvalue weighted by atomic mass is 19.1. The Kier molecular flexibility index (Phi) is 6.55. The van der Waals surface area contributed by atoms with Crippen molar-refractivity contribution in [2.45, 2.75) is 26.8 Å². The number of anilines is 1. The Morgan fingerprint density at radius 2 is 2.10 bits per heavy atom. The maximum Gasteiger partial charge on any atom is 0.257 e. The van der Waals surface area contributed by atoms with Gasteiger partial charge in [0.2, 0.25) is 0 Å². The predicted octanol–water partition coefficient (Wildman–Crippen LogP) is 2.06. The molecule has 0 saturated carbocycles. The SMILES string of the molecule is CCNc1nccc(C(=O)N(CC)C(C)CN(C)C)c1F. The molecule has 1 amide bonds. The van der Waals surface area contributed by atoms with Crippen LogP contribution in [0.4, 0.5) is 10.2 Å². The number of carbonyl (C=O) groups is 1. The van der Waals surface area contributed by atoms with Crippen LogP contribution in [0, 0.1) is 5.82 Å². The zero-order valence-corrected chi connectivity index (χ0v) is 13.5. The third-order valence-electron chi connectivity index (χ3n) is 3.23. The van der Waals surface area contributed by atoms with Gasteiger partial charge in [-0.2, -0.15) is 0 Å². The molecule has 0 saturated heterocycles. The van der Waals surface area contributed by atoms with E-state index in [1.165, 1.54) is 12.3 Å². The molecule has 0 aliphatic heterocycles. The molecular formula is C15H25FN4O. The lowest BCUT2D eigenvalue weighted by atomic mass is 10.1. The number of halogens is 1. The molecule has 1 N–H and O–H groups in total. The summed E-state index contributed by atoms with van der Waals surface area (Å²) in [6, 6.07) is 1.44. The zero-order chi connectivity index (χ0) is 16.0. The van der Waals surface area contributed by atoms with Crippen molar-refractivity contribution in [1.29, 1.82) is 0 Å². The minimum atomic E-state index is -0.583. The minimum absolute atomic E-state index is 0.00708. The van der Waals surface area contributed by atoms with Crippen molar-refractivity contribution in [2.75, 3.05) is 39.0 Å². The molecule has 21 heavy (non-hydrogen) atoms. The molecule has 0 bridgehead atoms. The van der Waals surface area contributed by atoms with E-state index in [-0.39, 0.29) is 23.3 Å². The normalized spacial score (nSPS) is 12.3. The quantitative estimate of drug-likeness (QED) is 0.837. The van der Waals surface area contributed by atoms with Crippen LogP contribution in [-0.4, -0.2) is 60.5 Å². The van der Waals surface area contributed by atoms with Gasteiger partial charge in [-0.05, 0) is 40.9 Å². The molecule has 0 aliphatic carbocycles. The van der Waals surface area contributed by atoms with Gasteiger partial charge in [-0.25, -0.2) is 9.37 Å². The van der Waals surface area contributed by atoms with E-state index < -0.39 is 5.82 Å². The number of nitrogens with one attached hydrogen (secondary N) is 1. The maximum absolute atomic E-state index is 14.3. The highest BCUT2D eigenvalue weighted by molar-refractivity contribution is 5.95. The Labute approximate surface area is 126 Å². The standard InChI is InChI=1S/C15H25FN4O/c1-6-17-14-13(16)12(8-9-18-14)15(21)20(7-2)11(3)10-19(4)5/h8-9,11H,6-7,10H2,1-5H3,(H,17,18). The molecule has 0 aliphatic rings. The van der Waals surface area contributed by atoms with Crippen LogP contribution >= 0.6 is 0 Å². The average Bonchev–Trinajstić information content (AvgIpc) is 2.41. The van der Waals surface area contributed by atoms with Crippen LogP contribution in [0.5, 0.6) is 0 Å². The summed E-state index contributed by atoms with van der Waals surface area (Å²) in [6.45, 7) is 7.53. The Bertz CT molecular complexity index is 479. The van der Waals surface area contributed by atoms with Crippen LogP contribution in [0.15, 0.2) is 12.3 Å². The van der Waals surface area contributed by atoms with E-state index in [2.05, 4.69) is 10.3 Å². The van der Waals surface area contributed by atoms with Crippen LogP contribution in [0.1, 0.15) is 31.1 Å². The van der Waals surface area contributed by atoms with Gasteiger partial charge >= 0.3 is 0 Å². The van der Waals surface area contributed by atoms with Gasteiger partial charge in [0.15, 0.2) is 11.6 Å². The molecule has 5 nitrogen and oxygen atoms in total. The monoisotopic (exact) mass is 296 g/mol. The summed E-state index contributed by atoms with van der Waals surface area (Å²) in [4.78, 5) is 20.2. The second-order valence-electron chi connectivity index (χ2n) is 5.25. The van der Waals surface area contributed by atoms with Crippen molar-refractivity contribution in [3.8, 4) is 0 Å². The Morgan fingerprint density at radius 3 is 2.62 bits per heavy atom. The number of likely N-dealkylation sites (N-methyl/N-ethyl adjacent to an activating group) is 2. The third-order valence-corrected chi connectivity index (χ3v) is 3.23. The van der Waals surface area contributed by atoms with Crippen LogP contribution in [0.2, 0.25) is 0 Å². The van der Waals surface area contributed by atoms with Gasteiger partial charge in [0, 0.05) is 31.9 Å². The van der Waals surface area contributed by atoms with E-state index in [9.17, 15) is 9.18 Å². The van der Waals surface area contributed by atoms with Gasteiger partial charge < -0.3 is 15.1 Å². The fourth-order valence-corrected chi connectivity index (χ4v) is 2.34. The molecule has 1 unspecified atom stereocenters. The minimum Gasteiger partial charge on any atom is -0.368 e. The second-order valence-corrected chi connectivity index (χ2v) is 5.25. The fourth-order valence-electron chi connectivity index (χ4n) is 2.34. The van der Waals surface area contributed by atoms with Crippen LogP contribution < -0.4 is 5.32 Å². The molecule has 6 heteroatoms. The van der Waals surface area contributed by atoms with Crippen molar-refractivity contribution in [1.82, 2.24) is 14.8 Å². The van der Waals surface area contributed by atoms with Crippen molar-refractivity contribution in [3.05, 3.63) is 23.6 Å².